The molecule has 0 aliphatic carbocycles. The molecule has 0 unspecified atom stereocenters. The number of nitrogens with one attached hydrogen (secondary N) is 1. The van der Waals surface area contributed by atoms with Gasteiger partial charge in [-0.2, -0.15) is 0 Å². The van der Waals surface area contributed by atoms with Crippen LogP contribution in [0.4, 0.5) is 0 Å². The van der Waals surface area contributed by atoms with Crippen molar-refractivity contribution in [1.29, 1.82) is 0 Å². The van der Waals surface area contributed by atoms with Gasteiger partial charge >= 0.3 is 0 Å². The molecule has 1 heterocycles. The zero-order valence-corrected chi connectivity index (χ0v) is 11.9. The molecule has 0 bridgehead atoms. The summed E-state index contributed by atoms with van der Waals surface area (Å²) in [5, 5.41) is 4.61. The molecule has 0 saturated carbocycles. The molecule has 0 aliphatic rings. The van der Waals surface area contributed by atoms with Crippen molar-refractivity contribution in [2.45, 2.75) is 32.7 Å². The van der Waals surface area contributed by atoms with Gasteiger partial charge in [0.05, 0.1) is 5.52 Å². The first-order valence-electron chi connectivity index (χ1n) is 6.83. The van der Waals surface area contributed by atoms with Gasteiger partial charge in [-0.1, -0.05) is 13.0 Å². The minimum atomic E-state index is 0.175. The van der Waals surface area contributed by atoms with Crippen molar-refractivity contribution in [3.8, 4) is 5.75 Å². The smallest absolute Gasteiger partial charge is 0.121 e. The Hall–Kier alpha value is -1.61. The molecule has 0 spiro atoms. The first kappa shape index (κ1) is 13.8. The van der Waals surface area contributed by atoms with Gasteiger partial charge in [0, 0.05) is 29.7 Å². The van der Waals surface area contributed by atoms with Crippen molar-refractivity contribution in [2.75, 3.05) is 13.2 Å². The monoisotopic (exact) mass is 258 g/mol. The summed E-state index contributed by atoms with van der Waals surface area (Å²) in [6.07, 6.45) is 2.91. The molecule has 0 radical (unpaired) electrons. The SMILES string of the molecule is CCC(C)(C)NCCOc1ccc2cccnc2c1. The Kier molecular flexibility index (Phi) is 4.38. The number of nitrogens with zero attached hydrogens (tertiary/aromatic N) is 1. The molecule has 1 aromatic carbocycles. The van der Waals surface area contributed by atoms with Crippen LogP contribution in [-0.2, 0) is 0 Å². The van der Waals surface area contributed by atoms with E-state index in [0.29, 0.717) is 6.61 Å². The van der Waals surface area contributed by atoms with Crippen LogP contribution in [0.2, 0.25) is 0 Å². The zero-order valence-electron chi connectivity index (χ0n) is 11.9. The molecule has 102 valence electrons. The summed E-state index contributed by atoms with van der Waals surface area (Å²) in [6, 6.07) is 10.0. The lowest BCUT2D eigenvalue weighted by atomic mass is 10.0. The molecule has 1 N–H and O–H groups in total. The van der Waals surface area contributed by atoms with Crippen LogP contribution in [0.1, 0.15) is 27.2 Å². The zero-order chi connectivity index (χ0) is 13.7. The highest BCUT2D eigenvalue weighted by molar-refractivity contribution is 5.79. The lowest BCUT2D eigenvalue weighted by Gasteiger charge is -2.24. The van der Waals surface area contributed by atoms with E-state index in [0.717, 1.165) is 29.6 Å². The molecule has 0 aliphatic heterocycles. The summed E-state index contributed by atoms with van der Waals surface area (Å²) >= 11 is 0. The third kappa shape index (κ3) is 3.93. The van der Waals surface area contributed by atoms with E-state index in [-0.39, 0.29) is 5.54 Å². The molecule has 3 heteroatoms. The van der Waals surface area contributed by atoms with Crippen molar-refractivity contribution in [3.05, 3.63) is 36.5 Å². The first-order chi connectivity index (χ1) is 9.11. The van der Waals surface area contributed by atoms with Crippen molar-refractivity contribution in [1.82, 2.24) is 10.3 Å². The number of rotatable bonds is 6. The van der Waals surface area contributed by atoms with E-state index in [9.17, 15) is 0 Å². The molecular weight excluding hydrogens is 236 g/mol. The fourth-order valence-electron chi connectivity index (χ4n) is 1.82. The molecule has 0 saturated heterocycles. The number of ether oxygens (including phenoxy) is 1. The van der Waals surface area contributed by atoms with Gasteiger partial charge < -0.3 is 10.1 Å². The van der Waals surface area contributed by atoms with E-state index >= 15 is 0 Å². The fraction of sp³-hybridized carbons (Fsp3) is 0.438. The summed E-state index contributed by atoms with van der Waals surface area (Å²) in [7, 11) is 0. The van der Waals surface area contributed by atoms with E-state index in [2.05, 4.69) is 37.1 Å². The molecule has 0 fully saturated rings. The summed E-state index contributed by atoms with van der Waals surface area (Å²) in [6.45, 7) is 8.10. The normalized spacial score (nSPS) is 11.7. The Morgan fingerprint density at radius 2 is 2.11 bits per heavy atom. The molecule has 0 atom stereocenters. The Morgan fingerprint density at radius 1 is 1.26 bits per heavy atom. The Labute approximate surface area is 115 Å². The van der Waals surface area contributed by atoms with Crippen molar-refractivity contribution in [3.63, 3.8) is 0 Å². The lowest BCUT2D eigenvalue weighted by molar-refractivity contribution is 0.281. The van der Waals surface area contributed by atoms with Gasteiger partial charge in [0.2, 0.25) is 0 Å². The predicted molar refractivity (Wildman–Crippen MR) is 79.6 cm³/mol. The second kappa shape index (κ2) is 6.02. The molecule has 2 aromatic rings. The molecule has 1 aromatic heterocycles. The van der Waals surface area contributed by atoms with Gasteiger partial charge in [-0.25, -0.2) is 0 Å². The molecule has 2 rings (SSSR count). The van der Waals surface area contributed by atoms with Gasteiger partial charge in [-0.05, 0) is 38.5 Å². The second-order valence-corrected chi connectivity index (χ2v) is 5.37. The standard InChI is InChI=1S/C16H22N2O/c1-4-16(2,3)18-10-11-19-14-8-7-13-6-5-9-17-15(13)12-14/h5-9,12,18H,4,10-11H2,1-3H3. The van der Waals surface area contributed by atoms with Gasteiger partial charge in [0.25, 0.3) is 0 Å². The fourth-order valence-corrected chi connectivity index (χ4v) is 1.82. The average molecular weight is 258 g/mol. The maximum atomic E-state index is 5.75. The number of pyridine rings is 1. The Bertz CT molecular complexity index is 537. The van der Waals surface area contributed by atoms with Crippen molar-refractivity contribution in [2.24, 2.45) is 0 Å². The summed E-state index contributed by atoms with van der Waals surface area (Å²) < 4.78 is 5.75. The van der Waals surface area contributed by atoms with Gasteiger partial charge in [0.1, 0.15) is 12.4 Å². The summed E-state index contributed by atoms with van der Waals surface area (Å²) in [5.74, 6) is 0.877. The van der Waals surface area contributed by atoms with Crippen LogP contribution < -0.4 is 10.1 Å². The third-order valence-corrected chi connectivity index (χ3v) is 3.44. The van der Waals surface area contributed by atoms with Gasteiger partial charge in [0.15, 0.2) is 0 Å². The first-order valence-corrected chi connectivity index (χ1v) is 6.83. The largest absolute Gasteiger partial charge is 0.492 e. The van der Waals surface area contributed by atoms with Crippen LogP contribution in [0, 0.1) is 0 Å². The van der Waals surface area contributed by atoms with E-state index in [1.54, 1.807) is 6.20 Å². The van der Waals surface area contributed by atoms with Crippen molar-refractivity contribution >= 4 is 10.9 Å². The highest BCUT2D eigenvalue weighted by Crippen LogP contribution is 2.18. The van der Waals surface area contributed by atoms with Crippen LogP contribution in [-0.4, -0.2) is 23.7 Å². The number of fused-ring (bicyclic) bond motifs is 1. The maximum absolute atomic E-state index is 5.75. The number of hydrogen-bond acceptors (Lipinski definition) is 3. The molecular formula is C16H22N2O. The highest BCUT2D eigenvalue weighted by atomic mass is 16.5. The Morgan fingerprint density at radius 3 is 2.89 bits per heavy atom. The summed E-state index contributed by atoms with van der Waals surface area (Å²) in [5.41, 5.74) is 1.15. The highest BCUT2D eigenvalue weighted by Gasteiger charge is 2.12. The van der Waals surface area contributed by atoms with E-state index in [1.165, 1.54) is 0 Å². The third-order valence-electron chi connectivity index (χ3n) is 3.44. The number of aromatic nitrogens is 1. The predicted octanol–water partition coefficient (Wildman–Crippen LogP) is 3.39. The van der Waals surface area contributed by atoms with E-state index in [4.69, 9.17) is 4.74 Å². The van der Waals surface area contributed by atoms with E-state index in [1.807, 2.05) is 24.3 Å². The van der Waals surface area contributed by atoms with E-state index < -0.39 is 0 Å². The minimum absolute atomic E-state index is 0.175. The second-order valence-electron chi connectivity index (χ2n) is 5.37. The van der Waals surface area contributed by atoms with Crippen LogP contribution in [0.15, 0.2) is 36.5 Å². The van der Waals surface area contributed by atoms with Gasteiger partial charge in [-0.15, -0.1) is 0 Å². The number of hydrogen-bond donors (Lipinski definition) is 1. The van der Waals surface area contributed by atoms with Gasteiger partial charge in [-0.3, -0.25) is 4.98 Å². The van der Waals surface area contributed by atoms with Crippen LogP contribution in [0.3, 0.4) is 0 Å². The lowest BCUT2D eigenvalue weighted by Crippen LogP contribution is -2.40. The van der Waals surface area contributed by atoms with Crippen LogP contribution >= 0.6 is 0 Å². The molecule has 19 heavy (non-hydrogen) atoms. The van der Waals surface area contributed by atoms with Crippen molar-refractivity contribution < 1.29 is 4.74 Å². The minimum Gasteiger partial charge on any atom is -0.492 e. The van der Waals surface area contributed by atoms with Crippen LogP contribution in [0.5, 0.6) is 5.75 Å². The molecule has 3 nitrogen and oxygen atoms in total. The van der Waals surface area contributed by atoms with Crippen LogP contribution in [0.25, 0.3) is 10.9 Å². The average Bonchev–Trinajstić information content (AvgIpc) is 2.43. The topological polar surface area (TPSA) is 34.1 Å². The summed E-state index contributed by atoms with van der Waals surface area (Å²) in [4.78, 5) is 4.33. The number of benzene rings is 1. The maximum Gasteiger partial charge on any atom is 0.121 e. The Balaban J connectivity index is 1.88. The quantitative estimate of drug-likeness (QED) is 0.806. The molecule has 0 amide bonds.